The molecule has 1 atom stereocenters. The molecule has 3 N–H and O–H groups in total. The first-order valence-corrected chi connectivity index (χ1v) is 8.23. The summed E-state index contributed by atoms with van der Waals surface area (Å²) >= 11 is 3.46. The summed E-state index contributed by atoms with van der Waals surface area (Å²) in [6, 6.07) is 15.3. The molecule has 0 saturated heterocycles. The smallest absolute Gasteiger partial charge is 0.217 e. The van der Waals surface area contributed by atoms with Gasteiger partial charge < -0.3 is 15.5 Å². The van der Waals surface area contributed by atoms with E-state index in [0.29, 0.717) is 11.1 Å². The van der Waals surface area contributed by atoms with Gasteiger partial charge in [-0.25, -0.2) is 0 Å². The van der Waals surface area contributed by atoms with Crippen molar-refractivity contribution in [2.75, 3.05) is 0 Å². The summed E-state index contributed by atoms with van der Waals surface area (Å²) in [5.74, 6) is -0.0615. The van der Waals surface area contributed by atoms with Crippen molar-refractivity contribution < 1.29 is 15.0 Å². The zero-order chi connectivity index (χ0) is 17.3. The van der Waals surface area contributed by atoms with Crippen LogP contribution in [0, 0.1) is 0 Å². The third kappa shape index (κ3) is 3.08. The number of benzene rings is 3. The first kappa shape index (κ1) is 16.3. The highest BCUT2D eigenvalue weighted by Crippen LogP contribution is 2.39. The minimum atomic E-state index is -0.602. The lowest BCUT2D eigenvalue weighted by atomic mass is 9.92. The van der Waals surface area contributed by atoms with E-state index in [1.165, 1.54) is 6.92 Å². The van der Waals surface area contributed by atoms with Crippen molar-refractivity contribution in [1.82, 2.24) is 5.32 Å². The molecule has 3 aromatic carbocycles. The van der Waals surface area contributed by atoms with E-state index in [1.54, 1.807) is 24.3 Å². The zero-order valence-corrected chi connectivity index (χ0v) is 14.5. The molecule has 0 radical (unpaired) electrons. The summed E-state index contributed by atoms with van der Waals surface area (Å²) in [4.78, 5) is 11.8. The standard InChI is InChI=1S/C19H16BrNO3/c1-11(22)21-19(15-10-13(23)7-8-16(15)20)18-14-5-3-2-4-12(14)6-9-17(18)24/h2-10,19,23-24H,1H3,(H,21,22). The van der Waals surface area contributed by atoms with Crippen molar-refractivity contribution in [3.8, 4) is 11.5 Å². The van der Waals surface area contributed by atoms with Crippen molar-refractivity contribution in [2.24, 2.45) is 0 Å². The molecule has 3 rings (SSSR count). The fourth-order valence-electron chi connectivity index (χ4n) is 2.85. The van der Waals surface area contributed by atoms with Crippen LogP contribution in [0.2, 0.25) is 0 Å². The van der Waals surface area contributed by atoms with Crippen molar-refractivity contribution in [3.05, 3.63) is 70.2 Å². The predicted molar refractivity (Wildman–Crippen MR) is 97.1 cm³/mol. The second-order valence-electron chi connectivity index (χ2n) is 5.56. The topological polar surface area (TPSA) is 69.6 Å². The molecular formula is C19H16BrNO3. The lowest BCUT2D eigenvalue weighted by Gasteiger charge is -2.23. The van der Waals surface area contributed by atoms with Crippen molar-refractivity contribution in [1.29, 1.82) is 0 Å². The highest BCUT2D eigenvalue weighted by atomic mass is 79.9. The molecule has 0 fully saturated rings. The van der Waals surface area contributed by atoms with E-state index in [-0.39, 0.29) is 17.4 Å². The van der Waals surface area contributed by atoms with Gasteiger partial charge in [0.15, 0.2) is 0 Å². The summed E-state index contributed by atoms with van der Waals surface area (Å²) in [5.41, 5.74) is 1.26. The van der Waals surface area contributed by atoms with Crippen molar-refractivity contribution in [2.45, 2.75) is 13.0 Å². The number of hydrogen-bond donors (Lipinski definition) is 3. The summed E-state index contributed by atoms with van der Waals surface area (Å²) in [6.07, 6.45) is 0. The third-order valence-electron chi connectivity index (χ3n) is 3.87. The van der Waals surface area contributed by atoms with E-state index < -0.39 is 6.04 Å². The van der Waals surface area contributed by atoms with Gasteiger partial charge in [0.05, 0.1) is 6.04 Å². The molecule has 122 valence electrons. The Hall–Kier alpha value is -2.53. The van der Waals surface area contributed by atoms with Crippen LogP contribution >= 0.6 is 15.9 Å². The monoisotopic (exact) mass is 385 g/mol. The van der Waals surface area contributed by atoms with Crippen LogP contribution in [0.1, 0.15) is 24.1 Å². The van der Waals surface area contributed by atoms with Gasteiger partial charge in [0, 0.05) is 17.0 Å². The van der Waals surface area contributed by atoms with Crippen LogP contribution in [0.3, 0.4) is 0 Å². The van der Waals surface area contributed by atoms with Crippen molar-refractivity contribution >= 4 is 32.6 Å². The second-order valence-corrected chi connectivity index (χ2v) is 6.41. The first-order valence-electron chi connectivity index (χ1n) is 7.43. The third-order valence-corrected chi connectivity index (χ3v) is 4.60. The molecule has 0 spiro atoms. The number of rotatable bonds is 3. The van der Waals surface area contributed by atoms with Crippen LogP contribution < -0.4 is 5.32 Å². The number of fused-ring (bicyclic) bond motifs is 1. The summed E-state index contributed by atoms with van der Waals surface area (Å²) < 4.78 is 0.728. The summed E-state index contributed by atoms with van der Waals surface area (Å²) in [6.45, 7) is 1.42. The number of nitrogens with one attached hydrogen (secondary N) is 1. The maximum absolute atomic E-state index is 11.8. The second kappa shape index (κ2) is 6.53. The average molecular weight is 386 g/mol. The Bertz CT molecular complexity index is 924. The molecule has 4 nitrogen and oxygen atoms in total. The van der Waals surface area contributed by atoms with Gasteiger partial charge >= 0.3 is 0 Å². The van der Waals surface area contributed by atoms with E-state index in [0.717, 1.165) is 15.2 Å². The summed E-state index contributed by atoms with van der Waals surface area (Å²) in [7, 11) is 0. The van der Waals surface area contributed by atoms with E-state index in [4.69, 9.17) is 0 Å². The SMILES string of the molecule is CC(=O)NC(c1cc(O)ccc1Br)c1c(O)ccc2ccccc12. The molecule has 0 aliphatic carbocycles. The number of phenols is 2. The number of halogens is 1. The molecule has 1 amide bonds. The van der Waals surface area contributed by atoms with E-state index in [1.807, 2.05) is 30.3 Å². The van der Waals surface area contributed by atoms with Crippen LogP contribution in [0.15, 0.2) is 59.1 Å². The predicted octanol–water partition coefficient (Wildman–Crippen LogP) is 4.24. The van der Waals surface area contributed by atoms with Crippen LogP contribution in [0.25, 0.3) is 10.8 Å². The molecule has 0 saturated carbocycles. The average Bonchev–Trinajstić information content (AvgIpc) is 2.55. The van der Waals surface area contributed by atoms with E-state index in [2.05, 4.69) is 21.2 Å². The molecule has 0 heterocycles. The van der Waals surface area contributed by atoms with E-state index >= 15 is 0 Å². The Morgan fingerprint density at radius 3 is 2.58 bits per heavy atom. The molecule has 0 aliphatic rings. The van der Waals surface area contributed by atoms with Gasteiger partial charge in [-0.15, -0.1) is 0 Å². The maximum Gasteiger partial charge on any atom is 0.217 e. The van der Waals surface area contributed by atoms with Gasteiger partial charge in [-0.2, -0.15) is 0 Å². The molecule has 1 unspecified atom stereocenters. The number of phenolic OH excluding ortho intramolecular Hbond substituents is 2. The fourth-order valence-corrected chi connectivity index (χ4v) is 3.32. The minimum Gasteiger partial charge on any atom is -0.508 e. The Balaban J connectivity index is 2.29. The van der Waals surface area contributed by atoms with Crippen LogP contribution in [0.5, 0.6) is 11.5 Å². The number of carbonyl (C=O) groups is 1. The van der Waals surface area contributed by atoms with Gasteiger partial charge in [0.1, 0.15) is 11.5 Å². The quantitative estimate of drug-likeness (QED) is 0.631. The van der Waals surface area contributed by atoms with Crippen molar-refractivity contribution in [3.63, 3.8) is 0 Å². The molecule has 0 aliphatic heterocycles. The van der Waals surface area contributed by atoms with Crippen LogP contribution in [-0.2, 0) is 4.79 Å². The Kier molecular flexibility index (Phi) is 4.44. The van der Waals surface area contributed by atoms with Crippen LogP contribution in [-0.4, -0.2) is 16.1 Å². The number of hydrogen-bond acceptors (Lipinski definition) is 3. The highest BCUT2D eigenvalue weighted by Gasteiger charge is 2.23. The maximum atomic E-state index is 11.8. The fraction of sp³-hybridized carbons (Fsp3) is 0.105. The normalized spacial score (nSPS) is 12.1. The van der Waals surface area contributed by atoms with Gasteiger partial charge in [-0.3, -0.25) is 4.79 Å². The number of aromatic hydroxyl groups is 2. The van der Waals surface area contributed by atoms with Gasteiger partial charge in [-0.1, -0.05) is 46.3 Å². The lowest BCUT2D eigenvalue weighted by molar-refractivity contribution is -0.119. The van der Waals surface area contributed by atoms with Gasteiger partial charge in [0.25, 0.3) is 0 Å². The van der Waals surface area contributed by atoms with Crippen LogP contribution in [0.4, 0.5) is 0 Å². The highest BCUT2D eigenvalue weighted by molar-refractivity contribution is 9.10. The largest absolute Gasteiger partial charge is 0.508 e. The first-order chi connectivity index (χ1) is 11.5. The molecule has 0 aromatic heterocycles. The molecule has 0 bridgehead atoms. The number of amides is 1. The Morgan fingerprint density at radius 2 is 1.83 bits per heavy atom. The van der Waals surface area contributed by atoms with Gasteiger partial charge in [-0.05, 0) is 40.6 Å². The Morgan fingerprint density at radius 1 is 1.08 bits per heavy atom. The summed E-state index contributed by atoms with van der Waals surface area (Å²) in [5, 5.41) is 25.0. The molecule has 5 heteroatoms. The lowest BCUT2D eigenvalue weighted by Crippen LogP contribution is -2.27. The Labute approximate surface area is 147 Å². The van der Waals surface area contributed by atoms with Gasteiger partial charge in [0.2, 0.25) is 5.91 Å². The molecule has 24 heavy (non-hydrogen) atoms. The number of carbonyl (C=O) groups excluding carboxylic acids is 1. The molecular weight excluding hydrogens is 370 g/mol. The minimum absolute atomic E-state index is 0.0858. The zero-order valence-electron chi connectivity index (χ0n) is 13.0. The van der Waals surface area contributed by atoms with E-state index in [9.17, 15) is 15.0 Å². The molecule has 3 aromatic rings.